The van der Waals surface area contributed by atoms with Gasteiger partial charge in [-0.05, 0) is 31.4 Å². The molecule has 3 rings (SSSR count). The van der Waals surface area contributed by atoms with Crippen LogP contribution in [0.4, 0.5) is 5.69 Å². The van der Waals surface area contributed by atoms with Gasteiger partial charge >= 0.3 is 0 Å². The summed E-state index contributed by atoms with van der Waals surface area (Å²) < 4.78 is 5.21. The Kier molecular flexibility index (Phi) is 3.19. The summed E-state index contributed by atoms with van der Waals surface area (Å²) in [5, 5.41) is 17.9. The fourth-order valence-electron chi connectivity index (χ4n) is 1.96. The molecule has 1 aromatic heterocycles. The number of aromatic nitrogens is 2. The van der Waals surface area contributed by atoms with Crippen LogP contribution in [-0.2, 0) is 6.54 Å². The van der Waals surface area contributed by atoms with Crippen molar-refractivity contribution in [2.75, 3.05) is 0 Å². The summed E-state index contributed by atoms with van der Waals surface area (Å²) in [6, 6.07) is 5.16. The number of hydrogen-bond acceptors (Lipinski definition) is 6. The maximum atomic E-state index is 10.7. The van der Waals surface area contributed by atoms with Gasteiger partial charge in [-0.1, -0.05) is 5.16 Å². The van der Waals surface area contributed by atoms with E-state index < -0.39 is 4.92 Å². The lowest BCUT2D eigenvalue weighted by atomic mass is 10.1. The highest BCUT2D eigenvalue weighted by atomic mass is 16.6. The minimum atomic E-state index is -0.421. The Morgan fingerprint density at radius 2 is 2.30 bits per heavy atom. The third-order valence-electron chi connectivity index (χ3n) is 3.25. The van der Waals surface area contributed by atoms with E-state index in [4.69, 9.17) is 4.52 Å². The van der Waals surface area contributed by atoms with E-state index in [1.807, 2.05) is 0 Å². The molecule has 20 heavy (non-hydrogen) atoms. The van der Waals surface area contributed by atoms with Gasteiger partial charge in [-0.2, -0.15) is 4.98 Å². The molecule has 0 radical (unpaired) electrons. The van der Waals surface area contributed by atoms with Crippen molar-refractivity contribution in [3.8, 4) is 11.5 Å². The summed E-state index contributed by atoms with van der Waals surface area (Å²) in [6.45, 7) is 2.37. The third-order valence-corrected chi connectivity index (χ3v) is 3.25. The van der Waals surface area contributed by atoms with Gasteiger partial charge < -0.3 is 9.84 Å². The Hall–Kier alpha value is -2.28. The first-order valence-electron chi connectivity index (χ1n) is 6.45. The van der Waals surface area contributed by atoms with Gasteiger partial charge in [0.25, 0.3) is 11.6 Å². The molecule has 0 spiro atoms. The standard InChI is InChI=1S/C13H14N4O3/c1-8-6-10(17(18)19)4-5-11(8)13-15-12(16-20-13)7-14-9-2-3-9/h4-6,9,14H,2-3,7H2,1H3. The van der Waals surface area contributed by atoms with Crippen molar-refractivity contribution in [1.82, 2.24) is 15.5 Å². The van der Waals surface area contributed by atoms with Crippen LogP contribution >= 0.6 is 0 Å². The second-order valence-electron chi connectivity index (χ2n) is 4.93. The van der Waals surface area contributed by atoms with Crippen LogP contribution in [0.3, 0.4) is 0 Å². The minimum Gasteiger partial charge on any atom is -0.334 e. The van der Waals surface area contributed by atoms with Crippen LogP contribution in [0.5, 0.6) is 0 Å². The smallest absolute Gasteiger partial charge is 0.269 e. The van der Waals surface area contributed by atoms with Crippen molar-refractivity contribution in [2.24, 2.45) is 0 Å². The molecule has 2 aromatic rings. The van der Waals surface area contributed by atoms with Crippen LogP contribution in [0.15, 0.2) is 22.7 Å². The quantitative estimate of drug-likeness (QED) is 0.663. The summed E-state index contributed by atoms with van der Waals surface area (Å²) in [5.41, 5.74) is 1.52. The maximum absolute atomic E-state index is 10.7. The minimum absolute atomic E-state index is 0.0568. The zero-order valence-electron chi connectivity index (χ0n) is 11.0. The molecule has 1 fully saturated rings. The average molecular weight is 274 g/mol. The summed E-state index contributed by atoms with van der Waals surface area (Å²) in [7, 11) is 0. The number of hydrogen-bond donors (Lipinski definition) is 1. The molecule has 104 valence electrons. The summed E-state index contributed by atoms with van der Waals surface area (Å²) in [4.78, 5) is 14.6. The van der Waals surface area contributed by atoms with Crippen molar-refractivity contribution in [3.05, 3.63) is 39.7 Å². The van der Waals surface area contributed by atoms with Gasteiger partial charge in [0.1, 0.15) is 0 Å². The lowest BCUT2D eigenvalue weighted by molar-refractivity contribution is -0.384. The van der Waals surface area contributed by atoms with Gasteiger partial charge in [0.2, 0.25) is 0 Å². The maximum Gasteiger partial charge on any atom is 0.269 e. The Labute approximate surface area is 115 Å². The summed E-state index contributed by atoms with van der Waals surface area (Å²) in [5.74, 6) is 0.995. The van der Waals surface area contributed by atoms with Crippen molar-refractivity contribution in [1.29, 1.82) is 0 Å². The van der Waals surface area contributed by atoms with Gasteiger partial charge in [-0.15, -0.1) is 0 Å². The van der Waals surface area contributed by atoms with Crippen molar-refractivity contribution >= 4 is 5.69 Å². The average Bonchev–Trinajstić information content (AvgIpc) is 3.14. The summed E-state index contributed by atoms with van der Waals surface area (Å²) >= 11 is 0. The van der Waals surface area contributed by atoms with Crippen LogP contribution in [0, 0.1) is 17.0 Å². The molecule has 1 aromatic carbocycles. The molecule has 0 bridgehead atoms. The number of aryl methyl sites for hydroxylation is 1. The van der Waals surface area contributed by atoms with E-state index in [0.29, 0.717) is 24.3 Å². The lowest BCUT2D eigenvalue weighted by Gasteiger charge is -2.00. The molecular weight excluding hydrogens is 260 g/mol. The van der Waals surface area contributed by atoms with Crippen molar-refractivity contribution in [2.45, 2.75) is 32.4 Å². The molecular formula is C13H14N4O3. The molecule has 0 aliphatic heterocycles. The molecule has 1 N–H and O–H groups in total. The third kappa shape index (κ3) is 2.67. The Morgan fingerprint density at radius 1 is 1.50 bits per heavy atom. The van der Waals surface area contributed by atoms with Gasteiger partial charge in [-0.3, -0.25) is 10.1 Å². The van der Waals surface area contributed by atoms with Crippen LogP contribution in [0.1, 0.15) is 24.2 Å². The SMILES string of the molecule is Cc1cc([N+](=O)[O-])ccc1-c1nc(CNC2CC2)no1. The Bertz CT molecular complexity index is 649. The van der Waals surface area contributed by atoms with E-state index in [-0.39, 0.29) is 5.69 Å². The van der Waals surface area contributed by atoms with Gasteiger partial charge in [-0.25, -0.2) is 0 Å². The number of nitro benzene ring substituents is 1. The highest BCUT2D eigenvalue weighted by Gasteiger charge is 2.21. The number of rotatable bonds is 5. The monoisotopic (exact) mass is 274 g/mol. The van der Waals surface area contributed by atoms with Crippen LogP contribution < -0.4 is 5.32 Å². The van der Waals surface area contributed by atoms with Crippen molar-refractivity contribution in [3.63, 3.8) is 0 Å². The van der Waals surface area contributed by atoms with Gasteiger partial charge in [0, 0.05) is 23.7 Å². The molecule has 0 saturated heterocycles. The normalized spacial score (nSPS) is 14.4. The predicted molar refractivity (Wildman–Crippen MR) is 71.0 cm³/mol. The molecule has 7 nitrogen and oxygen atoms in total. The zero-order chi connectivity index (χ0) is 14.1. The van der Waals surface area contributed by atoms with Gasteiger partial charge in [0.05, 0.1) is 11.5 Å². The van der Waals surface area contributed by atoms with E-state index in [1.54, 1.807) is 13.0 Å². The highest BCUT2D eigenvalue weighted by molar-refractivity contribution is 5.60. The second kappa shape index (κ2) is 5.01. The van der Waals surface area contributed by atoms with E-state index in [1.165, 1.54) is 25.0 Å². The number of nitrogens with zero attached hydrogens (tertiary/aromatic N) is 3. The molecule has 0 atom stereocenters. The van der Waals surface area contributed by atoms with Crippen LogP contribution in [0.2, 0.25) is 0 Å². The van der Waals surface area contributed by atoms with Gasteiger partial charge in [0.15, 0.2) is 5.82 Å². The highest BCUT2D eigenvalue weighted by Crippen LogP contribution is 2.25. The second-order valence-corrected chi connectivity index (χ2v) is 4.93. The van der Waals surface area contributed by atoms with Crippen LogP contribution in [0.25, 0.3) is 11.5 Å². The topological polar surface area (TPSA) is 94.1 Å². The molecule has 0 unspecified atom stereocenters. The molecule has 1 heterocycles. The largest absolute Gasteiger partial charge is 0.334 e. The fraction of sp³-hybridized carbons (Fsp3) is 0.385. The van der Waals surface area contributed by atoms with E-state index in [9.17, 15) is 10.1 Å². The molecule has 1 aliphatic carbocycles. The molecule has 7 heteroatoms. The van der Waals surface area contributed by atoms with Crippen molar-refractivity contribution < 1.29 is 9.45 Å². The number of nitrogens with one attached hydrogen (secondary N) is 1. The first-order chi connectivity index (χ1) is 9.63. The Morgan fingerprint density at radius 3 is 2.95 bits per heavy atom. The zero-order valence-corrected chi connectivity index (χ0v) is 11.0. The predicted octanol–water partition coefficient (Wildman–Crippen LogP) is 2.21. The molecule has 1 aliphatic rings. The van der Waals surface area contributed by atoms with E-state index >= 15 is 0 Å². The fourth-order valence-corrected chi connectivity index (χ4v) is 1.96. The van der Waals surface area contributed by atoms with E-state index in [2.05, 4.69) is 15.5 Å². The Balaban J connectivity index is 1.79. The number of non-ortho nitro benzene ring substituents is 1. The molecule has 0 amide bonds. The molecule has 1 saturated carbocycles. The van der Waals surface area contributed by atoms with E-state index in [0.717, 1.165) is 11.1 Å². The number of nitro groups is 1. The summed E-state index contributed by atoms with van der Waals surface area (Å²) in [6.07, 6.45) is 2.40. The lowest BCUT2D eigenvalue weighted by Crippen LogP contribution is -2.16. The number of benzene rings is 1. The first kappa shape index (κ1) is 12.7. The first-order valence-corrected chi connectivity index (χ1v) is 6.45. The van der Waals surface area contributed by atoms with Crippen LogP contribution in [-0.4, -0.2) is 21.1 Å².